The minimum Gasteiger partial charge on any atom is -0.397 e. The fraction of sp³-hybridized carbons (Fsp3) is 0. The lowest BCUT2D eigenvalue weighted by Crippen LogP contribution is -2.12. The first-order valence-corrected chi connectivity index (χ1v) is 9.98. The lowest BCUT2D eigenvalue weighted by Gasteiger charge is -2.08. The fourth-order valence-corrected chi connectivity index (χ4v) is 4.69. The summed E-state index contributed by atoms with van der Waals surface area (Å²) in [4.78, 5) is 19.5. The van der Waals surface area contributed by atoms with Gasteiger partial charge in [-0.1, -0.05) is 35.3 Å². The molecular weight excluding hydrogens is 409 g/mol. The predicted octanol–water partition coefficient (Wildman–Crippen LogP) is 6.17. The summed E-state index contributed by atoms with van der Waals surface area (Å²) < 4.78 is 0. The lowest BCUT2D eigenvalue weighted by atomic mass is 10.2. The van der Waals surface area contributed by atoms with Crippen molar-refractivity contribution in [3.05, 3.63) is 62.8 Å². The van der Waals surface area contributed by atoms with Crippen molar-refractivity contribution in [3.63, 3.8) is 0 Å². The van der Waals surface area contributed by atoms with Crippen LogP contribution in [0.1, 0.15) is 9.67 Å². The number of hydrogen-bond donors (Lipinski definition) is 2. The van der Waals surface area contributed by atoms with E-state index in [4.69, 9.17) is 28.9 Å². The van der Waals surface area contributed by atoms with Gasteiger partial charge in [-0.05, 0) is 35.7 Å². The van der Waals surface area contributed by atoms with Gasteiger partial charge in [-0.3, -0.25) is 4.79 Å². The number of nitrogens with one attached hydrogen (secondary N) is 1. The average Bonchev–Trinajstić information content (AvgIpc) is 3.26. The maximum atomic E-state index is 12.7. The Morgan fingerprint density at radius 2 is 1.85 bits per heavy atom. The molecule has 0 fully saturated rings. The number of carbonyl (C=O) groups excluding carboxylic acids is 1. The molecule has 130 valence electrons. The Labute approximate surface area is 167 Å². The zero-order valence-corrected chi connectivity index (χ0v) is 16.3. The zero-order chi connectivity index (χ0) is 18.3. The molecule has 0 bridgehead atoms. The Morgan fingerprint density at radius 3 is 2.54 bits per heavy atom. The Kier molecular flexibility index (Phi) is 4.58. The smallest absolute Gasteiger partial charge is 0.268 e. The monoisotopic (exact) mass is 419 g/mol. The second-order valence-electron chi connectivity index (χ2n) is 5.42. The third kappa shape index (κ3) is 3.05. The maximum absolute atomic E-state index is 12.7. The number of aromatic nitrogens is 1. The van der Waals surface area contributed by atoms with Crippen molar-refractivity contribution < 1.29 is 4.79 Å². The van der Waals surface area contributed by atoms with Gasteiger partial charge in [0.25, 0.3) is 5.91 Å². The number of para-hydroxylation sites is 1. The standard InChI is InChI=1S/C18H11Cl2N3OS2/c19-10-3-1-4-11(20)15(10)23-17(24)16-14(21)9-6-7-12(22-18(9)26-16)13-5-2-8-25-13/h1-8H,21H2,(H,23,24). The normalized spacial score (nSPS) is 11.0. The molecule has 0 aliphatic rings. The summed E-state index contributed by atoms with van der Waals surface area (Å²) >= 11 is 15.1. The molecule has 0 saturated carbocycles. The number of nitrogen functional groups attached to an aromatic ring is 1. The molecule has 0 radical (unpaired) electrons. The molecule has 4 aromatic rings. The summed E-state index contributed by atoms with van der Waals surface area (Å²) in [5, 5.41) is 6.22. The highest BCUT2D eigenvalue weighted by Crippen LogP contribution is 2.36. The second-order valence-corrected chi connectivity index (χ2v) is 8.18. The van der Waals surface area contributed by atoms with Gasteiger partial charge in [-0.2, -0.15) is 0 Å². The zero-order valence-electron chi connectivity index (χ0n) is 13.1. The first kappa shape index (κ1) is 17.3. The van der Waals surface area contributed by atoms with Gasteiger partial charge < -0.3 is 11.1 Å². The number of carbonyl (C=O) groups is 1. The predicted molar refractivity (Wildman–Crippen MR) is 112 cm³/mol. The van der Waals surface area contributed by atoms with E-state index >= 15 is 0 Å². The quantitative estimate of drug-likeness (QED) is 0.417. The average molecular weight is 420 g/mol. The number of nitrogens with two attached hydrogens (primary N) is 1. The summed E-state index contributed by atoms with van der Waals surface area (Å²) in [6.45, 7) is 0. The highest BCUT2D eigenvalue weighted by Gasteiger charge is 2.19. The van der Waals surface area contributed by atoms with E-state index in [-0.39, 0.29) is 5.91 Å². The van der Waals surface area contributed by atoms with Gasteiger partial charge in [-0.25, -0.2) is 4.98 Å². The number of pyridine rings is 1. The van der Waals surface area contributed by atoms with Gasteiger partial charge >= 0.3 is 0 Å². The minimum absolute atomic E-state index is 0.363. The summed E-state index contributed by atoms with van der Waals surface area (Å²) in [5.41, 5.74) is 7.81. The molecule has 3 N–H and O–H groups in total. The number of hydrogen-bond acceptors (Lipinski definition) is 5. The molecule has 4 nitrogen and oxygen atoms in total. The fourth-order valence-electron chi connectivity index (χ4n) is 2.51. The van der Waals surface area contributed by atoms with Crippen LogP contribution in [0, 0.1) is 0 Å². The van der Waals surface area contributed by atoms with E-state index in [1.807, 2.05) is 29.6 Å². The lowest BCUT2D eigenvalue weighted by molar-refractivity contribution is 0.103. The molecule has 0 saturated heterocycles. The van der Waals surface area contributed by atoms with Gasteiger partial charge in [0.2, 0.25) is 0 Å². The van der Waals surface area contributed by atoms with Crippen molar-refractivity contribution in [1.82, 2.24) is 4.98 Å². The maximum Gasteiger partial charge on any atom is 0.268 e. The van der Waals surface area contributed by atoms with Crippen LogP contribution in [0.25, 0.3) is 20.8 Å². The van der Waals surface area contributed by atoms with Crippen molar-refractivity contribution in [2.75, 3.05) is 11.1 Å². The number of anilines is 2. The van der Waals surface area contributed by atoms with E-state index in [0.717, 1.165) is 16.0 Å². The first-order valence-electron chi connectivity index (χ1n) is 7.53. The number of rotatable bonds is 3. The van der Waals surface area contributed by atoms with Crippen molar-refractivity contribution in [2.24, 2.45) is 0 Å². The highest BCUT2D eigenvalue weighted by atomic mass is 35.5. The number of amides is 1. The van der Waals surface area contributed by atoms with Crippen molar-refractivity contribution in [2.45, 2.75) is 0 Å². The molecule has 0 aliphatic heterocycles. The van der Waals surface area contributed by atoms with Crippen molar-refractivity contribution in [1.29, 1.82) is 0 Å². The van der Waals surface area contributed by atoms with E-state index in [0.29, 0.717) is 31.1 Å². The van der Waals surface area contributed by atoms with Crippen LogP contribution in [-0.4, -0.2) is 10.9 Å². The molecule has 0 spiro atoms. The number of nitrogens with zero attached hydrogens (tertiary/aromatic N) is 1. The van der Waals surface area contributed by atoms with Crippen LogP contribution in [0.15, 0.2) is 47.8 Å². The van der Waals surface area contributed by atoms with Crippen molar-refractivity contribution in [3.8, 4) is 10.6 Å². The van der Waals surface area contributed by atoms with Gasteiger partial charge in [0.05, 0.1) is 32.0 Å². The van der Waals surface area contributed by atoms with Crippen LogP contribution < -0.4 is 11.1 Å². The molecule has 1 aromatic carbocycles. The molecule has 3 aromatic heterocycles. The van der Waals surface area contributed by atoms with Gasteiger partial charge in [0.15, 0.2) is 0 Å². The van der Waals surface area contributed by atoms with Gasteiger partial charge in [-0.15, -0.1) is 22.7 Å². The molecule has 3 heterocycles. The topological polar surface area (TPSA) is 68.0 Å². The Bertz CT molecular complexity index is 1100. The summed E-state index contributed by atoms with van der Waals surface area (Å²) in [7, 11) is 0. The Balaban J connectivity index is 1.72. The van der Waals surface area contributed by atoms with E-state index in [1.165, 1.54) is 11.3 Å². The summed E-state index contributed by atoms with van der Waals surface area (Å²) in [5.74, 6) is -0.363. The molecule has 0 aliphatic carbocycles. The molecule has 26 heavy (non-hydrogen) atoms. The first-order chi connectivity index (χ1) is 12.5. The van der Waals surface area contributed by atoms with Gasteiger partial charge in [0.1, 0.15) is 9.71 Å². The van der Waals surface area contributed by atoms with Crippen LogP contribution in [-0.2, 0) is 0 Å². The second kappa shape index (κ2) is 6.89. The molecule has 0 atom stereocenters. The largest absolute Gasteiger partial charge is 0.397 e. The van der Waals surface area contributed by atoms with Crippen LogP contribution >= 0.6 is 45.9 Å². The van der Waals surface area contributed by atoms with Crippen LogP contribution in [0.5, 0.6) is 0 Å². The number of thiophene rings is 2. The molecule has 0 unspecified atom stereocenters. The van der Waals surface area contributed by atoms with Crippen LogP contribution in [0.2, 0.25) is 10.0 Å². The van der Waals surface area contributed by atoms with E-state index in [9.17, 15) is 4.79 Å². The minimum atomic E-state index is -0.363. The molecular formula is C18H11Cl2N3OS2. The third-order valence-electron chi connectivity index (χ3n) is 3.77. The van der Waals surface area contributed by atoms with Crippen molar-refractivity contribution >= 4 is 73.4 Å². The number of fused-ring (bicyclic) bond motifs is 1. The molecule has 1 amide bonds. The molecule has 8 heteroatoms. The van der Waals surface area contributed by atoms with E-state index < -0.39 is 0 Å². The SMILES string of the molecule is Nc1c(C(=O)Nc2c(Cl)cccc2Cl)sc2nc(-c3cccs3)ccc12. The number of benzene rings is 1. The third-order valence-corrected chi connectivity index (χ3v) is 6.41. The van der Waals surface area contributed by atoms with Gasteiger partial charge in [0, 0.05) is 5.39 Å². The Morgan fingerprint density at radius 1 is 1.08 bits per heavy atom. The summed E-state index contributed by atoms with van der Waals surface area (Å²) in [6, 6.07) is 12.8. The van der Waals surface area contributed by atoms with Crippen LogP contribution in [0.3, 0.4) is 0 Å². The molecule has 4 rings (SSSR count). The van der Waals surface area contributed by atoms with E-state index in [2.05, 4.69) is 10.3 Å². The number of halogens is 2. The van der Waals surface area contributed by atoms with E-state index in [1.54, 1.807) is 29.5 Å². The highest BCUT2D eigenvalue weighted by molar-refractivity contribution is 7.21. The Hall–Kier alpha value is -2.12. The van der Waals surface area contributed by atoms with Crippen LogP contribution in [0.4, 0.5) is 11.4 Å². The summed E-state index contributed by atoms with van der Waals surface area (Å²) in [6.07, 6.45) is 0.